The van der Waals surface area contributed by atoms with Gasteiger partial charge in [0.15, 0.2) is 0 Å². The third kappa shape index (κ3) is 7.82. The van der Waals surface area contributed by atoms with E-state index in [0.29, 0.717) is 44.6 Å². The van der Waals surface area contributed by atoms with Crippen molar-refractivity contribution < 1.29 is 14.7 Å². The van der Waals surface area contributed by atoms with Crippen LogP contribution in [0.5, 0.6) is 5.88 Å². The summed E-state index contributed by atoms with van der Waals surface area (Å²) in [6.45, 7) is 9.96. The number of carbonyl (C=O) groups is 2. The molecule has 9 heteroatoms. The molecule has 2 rings (SSSR count). The summed E-state index contributed by atoms with van der Waals surface area (Å²) in [6, 6.07) is -0.231. The Balaban J connectivity index is 2.32. The molecule has 0 saturated carbocycles. The first kappa shape index (κ1) is 30.9. The summed E-state index contributed by atoms with van der Waals surface area (Å²) in [6.07, 6.45) is 14.7. The van der Waals surface area contributed by atoms with E-state index in [1.165, 1.54) is 20.1 Å². The van der Waals surface area contributed by atoms with Gasteiger partial charge >= 0.3 is 11.7 Å². The van der Waals surface area contributed by atoms with E-state index in [-0.39, 0.29) is 29.9 Å². The molecule has 0 aromatic carbocycles. The molecular weight excluding hydrogens is 484 g/mol. The molecular formula is C29H44N4O5. The molecule has 1 aliphatic rings. The van der Waals surface area contributed by atoms with E-state index >= 15 is 0 Å². The van der Waals surface area contributed by atoms with Crippen LogP contribution in [0.2, 0.25) is 0 Å². The number of hydrogen-bond donors (Lipinski definition) is 1. The zero-order valence-corrected chi connectivity index (χ0v) is 23.4. The fourth-order valence-corrected chi connectivity index (χ4v) is 4.21. The fourth-order valence-electron chi connectivity index (χ4n) is 4.21. The lowest BCUT2D eigenvalue weighted by Gasteiger charge is -2.35. The quantitative estimate of drug-likeness (QED) is 0.263. The molecule has 38 heavy (non-hydrogen) atoms. The van der Waals surface area contributed by atoms with Gasteiger partial charge in [-0.2, -0.15) is 0 Å². The molecule has 1 aromatic heterocycles. The maximum absolute atomic E-state index is 13.0. The van der Waals surface area contributed by atoms with Gasteiger partial charge in [0.1, 0.15) is 5.56 Å². The largest absolute Gasteiger partial charge is 0.494 e. The second-order valence-electron chi connectivity index (χ2n) is 9.64. The monoisotopic (exact) mass is 528 g/mol. The second kappa shape index (κ2) is 15.8. The highest BCUT2D eigenvalue weighted by atomic mass is 16.3. The van der Waals surface area contributed by atoms with Gasteiger partial charge in [-0.3, -0.25) is 23.6 Å². The molecule has 0 radical (unpaired) electrons. The van der Waals surface area contributed by atoms with Crippen LogP contribution in [-0.2, 0) is 17.9 Å². The Morgan fingerprint density at radius 2 is 1.32 bits per heavy atom. The lowest BCUT2D eigenvalue weighted by atomic mass is 10.1. The van der Waals surface area contributed by atoms with E-state index in [0.717, 1.165) is 38.5 Å². The van der Waals surface area contributed by atoms with E-state index in [4.69, 9.17) is 0 Å². The number of urea groups is 1. The Bertz CT molecular complexity index is 1160. The van der Waals surface area contributed by atoms with Crippen molar-refractivity contribution in [2.75, 3.05) is 19.6 Å². The van der Waals surface area contributed by atoms with Gasteiger partial charge in [-0.1, -0.05) is 77.7 Å². The molecule has 1 fully saturated rings. The number of nitrogens with zero attached hydrogens (tertiary/aromatic N) is 4. The molecule has 0 aliphatic carbocycles. The first-order valence-corrected chi connectivity index (χ1v) is 14.0. The summed E-state index contributed by atoms with van der Waals surface area (Å²) in [5.41, 5.74) is -0.419. The van der Waals surface area contributed by atoms with Crippen LogP contribution in [0.25, 0.3) is 6.08 Å². The van der Waals surface area contributed by atoms with Crippen LogP contribution >= 0.6 is 0 Å². The van der Waals surface area contributed by atoms with Crippen LogP contribution in [0.1, 0.15) is 84.6 Å². The number of aromatic nitrogens is 2. The van der Waals surface area contributed by atoms with E-state index in [9.17, 15) is 24.3 Å². The molecule has 3 amide bonds. The van der Waals surface area contributed by atoms with Crippen molar-refractivity contribution in [3.05, 3.63) is 56.3 Å². The lowest BCUT2D eigenvalue weighted by Crippen LogP contribution is -2.53. The minimum absolute atomic E-state index is 0.0601. The molecule has 1 aliphatic heterocycles. The lowest BCUT2D eigenvalue weighted by molar-refractivity contribution is -0.126. The van der Waals surface area contributed by atoms with Crippen molar-refractivity contribution >= 4 is 18.0 Å². The minimum atomic E-state index is -0.518. The maximum Gasteiger partial charge on any atom is 0.333 e. The van der Waals surface area contributed by atoms with Crippen molar-refractivity contribution in [1.82, 2.24) is 18.9 Å². The third-order valence-electron chi connectivity index (χ3n) is 6.59. The van der Waals surface area contributed by atoms with E-state index in [1.54, 1.807) is 29.2 Å². The zero-order valence-electron chi connectivity index (χ0n) is 23.4. The predicted molar refractivity (Wildman–Crippen MR) is 151 cm³/mol. The second-order valence-corrected chi connectivity index (χ2v) is 9.64. The SMILES string of the molecule is CCCCN1C\C(=C/C=C/C=C/c2c(O)n(CCCC)c(=O)n(CCCC)c2=O)C(=O)N(CCCC)C1=O. The topological polar surface area (TPSA) is 105 Å². The van der Waals surface area contributed by atoms with Crippen LogP contribution in [0.15, 0.2) is 39.5 Å². The highest BCUT2D eigenvalue weighted by Gasteiger charge is 2.34. The summed E-state index contributed by atoms with van der Waals surface area (Å²) >= 11 is 0. The van der Waals surface area contributed by atoms with Crippen LogP contribution in [0.3, 0.4) is 0 Å². The number of aromatic hydroxyl groups is 1. The Morgan fingerprint density at radius 1 is 0.737 bits per heavy atom. The summed E-state index contributed by atoms with van der Waals surface area (Å²) in [5.74, 6) is -0.604. The summed E-state index contributed by atoms with van der Waals surface area (Å²) in [7, 11) is 0. The molecule has 1 saturated heterocycles. The minimum Gasteiger partial charge on any atom is -0.494 e. The standard InChI is InChI=1S/C29H44N4O5/c1-5-9-18-30-22-23(25(34)31(28(30)37)19-10-6-2)16-14-13-15-17-24-26(35)32(20-11-7-3)29(38)33(27(24)36)21-12-8-4/h13-17,35H,5-12,18-22H2,1-4H3/b14-13+,17-15+,23-16+. The van der Waals surface area contributed by atoms with Gasteiger partial charge in [-0.05, 0) is 31.8 Å². The first-order valence-electron chi connectivity index (χ1n) is 14.0. The van der Waals surface area contributed by atoms with Crippen molar-refractivity contribution in [3.8, 4) is 5.88 Å². The van der Waals surface area contributed by atoms with Crippen LogP contribution in [-0.4, -0.2) is 55.6 Å². The molecule has 0 spiro atoms. The summed E-state index contributed by atoms with van der Waals surface area (Å²) in [4.78, 5) is 54.6. The molecule has 0 unspecified atom stereocenters. The number of unbranched alkanes of at least 4 members (excludes halogenated alkanes) is 4. The number of hydrogen-bond acceptors (Lipinski definition) is 5. The number of rotatable bonds is 15. The van der Waals surface area contributed by atoms with Crippen molar-refractivity contribution in [1.29, 1.82) is 0 Å². The fraction of sp³-hybridized carbons (Fsp3) is 0.586. The summed E-state index contributed by atoms with van der Waals surface area (Å²) < 4.78 is 2.46. The smallest absolute Gasteiger partial charge is 0.333 e. The molecule has 1 N–H and O–H groups in total. The van der Waals surface area contributed by atoms with Gasteiger partial charge in [0.05, 0.1) is 6.54 Å². The maximum atomic E-state index is 13.0. The normalized spacial score (nSPS) is 15.6. The van der Waals surface area contributed by atoms with Crippen molar-refractivity contribution in [2.24, 2.45) is 0 Å². The number of imide groups is 1. The molecule has 0 atom stereocenters. The van der Waals surface area contributed by atoms with Crippen LogP contribution < -0.4 is 11.2 Å². The number of amides is 3. The van der Waals surface area contributed by atoms with Gasteiger partial charge in [-0.25, -0.2) is 9.59 Å². The number of allylic oxidation sites excluding steroid dienone is 4. The van der Waals surface area contributed by atoms with Crippen molar-refractivity contribution in [2.45, 2.75) is 92.2 Å². The third-order valence-corrected chi connectivity index (χ3v) is 6.59. The zero-order chi connectivity index (χ0) is 28.1. The Labute approximate surface area is 225 Å². The highest BCUT2D eigenvalue weighted by molar-refractivity contribution is 6.07. The van der Waals surface area contributed by atoms with Crippen LogP contribution in [0.4, 0.5) is 4.79 Å². The van der Waals surface area contributed by atoms with Gasteiger partial charge in [0, 0.05) is 31.8 Å². The molecule has 0 bridgehead atoms. The van der Waals surface area contributed by atoms with E-state index < -0.39 is 11.2 Å². The predicted octanol–water partition coefficient (Wildman–Crippen LogP) is 4.68. The van der Waals surface area contributed by atoms with Gasteiger partial charge in [-0.15, -0.1) is 0 Å². The Kier molecular flexibility index (Phi) is 12.8. The van der Waals surface area contributed by atoms with E-state index in [2.05, 4.69) is 6.92 Å². The van der Waals surface area contributed by atoms with Gasteiger partial charge in [0.2, 0.25) is 5.88 Å². The average Bonchev–Trinajstić information content (AvgIpc) is 2.90. The molecule has 210 valence electrons. The number of carbonyl (C=O) groups excluding carboxylic acids is 2. The Morgan fingerprint density at radius 3 is 1.95 bits per heavy atom. The molecule has 9 nitrogen and oxygen atoms in total. The van der Waals surface area contributed by atoms with Gasteiger partial charge in [0.25, 0.3) is 11.5 Å². The average molecular weight is 529 g/mol. The molecule has 2 heterocycles. The highest BCUT2D eigenvalue weighted by Crippen LogP contribution is 2.18. The summed E-state index contributed by atoms with van der Waals surface area (Å²) in [5, 5.41) is 10.7. The van der Waals surface area contributed by atoms with Gasteiger partial charge < -0.3 is 10.0 Å². The first-order chi connectivity index (χ1) is 18.3. The van der Waals surface area contributed by atoms with Crippen LogP contribution in [0, 0.1) is 0 Å². The van der Waals surface area contributed by atoms with E-state index in [1.807, 2.05) is 20.8 Å². The Hall–Kier alpha value is -3.36. The molecule has 1 aromatic rings. The van der Waals surface area contributed by atoms with Crippen molar-refractivity contribution in [3.63, 3.8) is 0 Å².